The third-order valence-corrected chi connectivity index (χ3v) is 13.5. The van der Waals surface area contributed by atoms with E-state index >= 15 is 0 Å². The molecule has 0 atom stereocenters. The molecule has 1 aliphatic rings. The molecule has 3 heteroatoms. The maximum Gasteiger partial charge on any atom is 0.0547 e. The normalized spacial score (nSPS) is 12.5. The van der Waals surface area contributed by atoms with Gasteiger partial charge in [-0.1, -0.05) is 166 Å². The van der Waals surface area contributed by atoms with Crippen LogP contribution in [0.25, 0.3) is 60.9 Å². The molecule has 0 N–H and O–H groups in total. The number of anilines is 6. The molecule has 0 aliphatic heterocycles. The molecule has 1 heterocycles. The van der Waals surface area contributed by atoms with Crippen LogP contribution in [0.1, 0.15) is 25.0 Å². The molecule has 1 aliphatic carbocycles. The van der Waals surface area contributed by atoms with Gasteiger partial charge in [-0.2, -0.15) is 0 Å². The van der Waals surface area contributed by atoms with Crippen molar-refractivity contribution in [3.05, 3.63) is 260 Å². The van der Waals surface area contributed by atoms with Gasteiger partial charge in [0.05, 0.1) is 11.0 Å². The molecular formula is C63H47N3. The maximum atomic E-state index is 2.43. The Balaban J connectivity index is 0.974. The van der Waals surface area contributed by atoms with Gasteiger partial charge in [0.25, 0.3) is 0 Å². The SMILES string of the molecule is CC1(C)c2ccc(-c3ccc4c5ccccc5n(-c5ccccc5)c4c3)cc2-c2ccc(N(c3ccc(-c4ccccc4)cc3)c3cccc(N(c4ccccc4)c4ccccc4)c3)cc21. The van der Waals surface area contributed by atoms with Gasteiger partial charge in [0.2, 0.25) is 0 Å². The highest BCUT2D eigenvalue weighted by atomic mass is 15.2. The fourth-order valence-corrected chi connectivity index (χ4v) is 10.3. The lowest BCUT2D eigenvalue weighted by Crippen LogP contribution is -2.17. The highest BCUT2D eigenvalue weighted by Crippen LogP contribution is 2.52. The average Bonchev–Trinajstić information content (AvgIpc) is 3.83. The van der Waals surface area contributed by atoms with Gasteiger partial charge in [-0.3, -0.25) is 0 Å². The van der Waals surface area contributed by atoms with Crippen molar-refractivity contribution in [3.63, 3.8) is 0 Å². The zero-order chi connectivity index (χ0) is 44.2. The number of rotatable bonds is 9. The van der Waals surface area contributed by atoms with Crippen LogP contribution in [-0.4, -0.2) is 4.57 Å². The number of fused-ring (bicyclic) bond motifs is 6. The maximum absolute atomic E-state index is 2.43. The second kappa shape index (κ2) is 16.0. The summed E-state index contributed by atoms with van der Waals surface area (Å²) >= 11 is 0. The van der Waals surface area contributed by atoms with Gasteiger partial charge in [0.15, 0.2) is 0 Å². The molecule has 0 unspecified atom stereocenters. The van der Waals surface area contributed by atoms with Crippen LogP contribution in [0.4, 0.5) is 34.1 Å². The Morgan fingerprint density at radius 1 is 0.303 bits per heavy atom. The Hall–Kier alpha value is -8.40. The van der Waals surface area contributed by atoms with Gasteiger partial charge in [-0.25, -0.2) is 0 Å². The molecule has 3 nitrogen and oxygen atoms in total. The lowest BCUT2D eigenvalue weighted by atomic mass is 9.82. The first-order valence-electron chi connectivity index (χ1n) is 22.8. The fourth-order valence-electron chi connectivity index (χ4n) is 10.3. The van der Waals surface area contributed by atoms with Crippen molar-refractivity contribution >= 4 is 55.9 Å². The number of hydrogen-bond acceptors (Lipinski definition) is 2. The smallest absolute Gasteiger partial charge is 0.0547 e. The van der Waals surface area contributed by atoms with Crippen molar-refractivity contribution < 1.29 is 0 Å². The van der Waals surface area contributed by atoms with Gasteiger partial charge in [0.1, 0.15) is 0 Å². The molecule has 0 fully saturated rings. The van der Waals surface area contributed by atoms with Gasteiger partial charge >= 0.3 is 0 Å². The van der Waals surface area contributed by atoms with Crippen molar-refractivity contribution in [2.24, 2.45) is 0 Å². The molecule has 0 saturated carbocycles. The predicted octanol–water partition coefficient (Wildman–Crippen LogP) is 17.4. The zero-order valence-electron chi connectivity index (χ0n) is 37.0. The van der Waals surface area contributed by atoms with Crippen LogP contribution in [0.3, 0.4) is 0 Å². The van der Waals surface area contributed by atoms with E-state index in [9.17, 15) is 0 Å². The summed E-state index contributed by atoms with van der Waals surface area (Å²) in [6.07, 6.45) is 0. The first kappa shape index (κ1) is 39.2. The van der Waals surface area contributed by atoms with E-state index in [0.29, 0.717) is 0 Å². The van der Waals surface area contributed by atoms with Crippen LogP contribution in [0.15, 0.2) is 249 Å². The molecule has 11 aromatic rings. The highest BCUT2D eigenvalue weighted by molar-refractivity contribution is 6.10. The van der Waals surface area contributed by atoms with Gasteiger partial charge in [-0.05, 0) is 142 Å². The molecule has 0 bridgehead atoms. The number of benzene rings is 10. The molecular weight excluding hydrogens is 799 g/mol. The molecule has 0 saturated heterocycles. The average molecular weight is 846 g/mol. The van der Waals surface area contributed by atoms with E-state index in [2.05, 4.69) is 277 Å². The van der Waals surface area contributed by atoms with Gasteiger partial charge in [-0.15, -0.1) is 0 Å². The third kappa shape index (κ3) is 6.67. The number of para-hydroxylation sites is 4. The van der Waals surface area contributed by atoms with E-state index in [4.69, 9.17) is 0 Å². The van der Waals surface area contributed by atoms with Gasteiger partial charge in [0, 0.05) is 56.0 Å². The summed E-state index contributed by atoms with van der Waals surface area (Å²) in [6.45, 7) is 4.76. The summed E-state index contributed by atoms with van der Waals surface area (Å²) in [5, 5.41) is 2.52. The summed E-state index contributed by atoms with van der Waals surface area (Å²) in [4.78, 5) is 4.75. The fraction of sp³-hybridized carbons (Fsp3) is 0.0476. The van der Waals surface area contributed by atoms with Crippen LogP contribution in [0, 0.1) is 0 Å². The summed E-state index contributed by atoms with van der Waals surface area (Å²) in [6, 6.07) is 90.5. The van der Waals surface area contributed by atoms with E-state index in [1.54, 1.807) is 0 Å². The topological polar surface area (TPSA) is 11.4 Å². The molecule has 0 spiro atoms. The molecule has 1 aromatic heterocycles. The minimum Gasteiger partial charge on any atom is -0.310 e. The predicted molar refractivity (Wildman–Crippen MR) is 279 cm³/mol. The van der Waals surface area contributed by atoms with Crippen molar-refractivity contribution in [2.75, 3.05) is 9.80 Å². The minimum absolute atomic E-state index is 0.217. The first-order chi connectivity index (χ1) is 32.5. The monoisotopic (exact) mass is 845 g/mol. The Morgan fingerprint density at radius 2 is 0.788 bits per heavy atom. The lowest BCUT2D eigenvalue weighted by molar-refractivity contribution is 0.660. The number of aromatic nitrogens is 1. The Kier molecular flexibility index (Phi) is 9.50. The summed E-state index contributed by atoms with van der Waals surface area (Å²) in [5.74, 6) is 0. The zero-order valence-corrected chi connectivity index (χ0v) is 37.0. The minimum atomic E-state index is -0.217. The Morgan fingerprint density at radius 3 is 1.48 bits per heavy atom. The second-order valence-electron chi connectivity index (χ2n) is 17.8. The van der Waals surface area contributed by atoms with Crippen molar-refractivity contribution in [1.82, 2.24) is 4.57 Å². The summed E-state index contributed by atoms with van der Waals surface area (Å²) in [7, 11) is 0. The molecule has 12 rings (SSSR count). The largest absolute Gasteiger partial charge is 0.310 e. The highest BCUT2D eigenvalue weighted by Gasteiger charge is 2.36. The van der Waals surface area contributed by atoms with Crippen LogP contribution in [0.5, 0.6) is 0 Å². The lowest BCUT2D eigenvalue weighted by Gasteiger charge is -2.30. The van der Waals surface area contributed by atoms with Crippen molar-refractivity contribution in [3.8, 4) is 39.1 Å². The van der Waals surface area contributed by atoms with Crippen LogP contribution >= 0.6 is 0 Å². The second-order valence-corrected chi connectivity index (χ2v) is 17.8. The first-order valence-corrected chi connectivity index (χ1v) is 22.8. The quantitative estimate of drug-likeness (QED) is 0.143. The standard InChI is InChI=1S/C63H47N3/c1-63(2)59-39-33-46(47-32-37-57-56-28-15-16-29-61(56)66(62(57)41-47)50-24-13-6-14-25-50)40-58(59)55-38-36-54(43-60(55)63)65(51-34-30-45(31-35-51)44-18-7-3-8-19-44)53-27-17-26-52(42-53)64(48-20-9-4-10-21-48)49-22-11-5-12-23-49/h3-43H,1-2H3. The van der Waals surface area contributed by atoms with Crippen molar-refractivity contribution in [2.45, 2.75) is 19.3 Å². The summed E-state index contributed by atoms with van der Waals surface area (Å²) < 4.78 is 2.40. The van der Waals surface area contributed by atoms with E-state index < -0.39 is 0 Å². The van der Waals surface area contributed by atoms with Crippen LogP contribution in [-0.2, 0) is 5.41 Å². The van der Waals surface area contributed by atoms with Crippen LogP contribution < -0.4 is 9.80 Å². The van der Waals surface area contributed by atoms with E-state index in [0.717, 1.165) is 34.1 Å². The Bertz CT molecular complexity index is 3500. The number of nitrogens with zero attached hydrogens (tertiary/aromatic N) is 3. The molecule has 66 heavy (non-hydrogen) atoms. The van der Waals surface area contributed by atoms with Crippen LogP contribution in [0.2, 0.25) is 0 Å². The summed E-state index contributed by atoms with van der Waals surface area (Å²) in [5.41, 5.74) is 20.0. The third-order valence-electron chi connectivity index (χ3n) is 13.5. The van der Waals surface area contributed by atoms with E-state index in [1.807, 2.05) is 0 Å². The van der Waals surface area contributed by atoms with E-state index in [-0.39, 0.29) is 5.41 Å². The molecule has 0 amide bonds. The Labute approximate surface area is 386 Å². The van der Waals surface area contributed by atoms with Gasteiger partial charge < -0.3 is 14.4 Å². The molecule has 0 radical (unpaired) electrons. The number of hydrogen-bond donors (Lipinski definition) is 0. The van der Waals surface area contributed by atoms with Crippen molar-refractivity contribution in [1.29, 1.82) is 0 Å². The molecule has 10 aromatic carbocycles. The molecule has 314 valence electrons. The van der Waals surface area contributed by atoms with E-state index in [1.165, 1.54) is 72.0 Å².